The molecule has 0 heterocycles. The van der Waals surface area contributed by atoms with Crippen LogP contribution in [0.4, 0.5) is 0 Å². The largest absolute Gasteiger partial charge is 0.489 e. The number of rotatable bonds is 3. The lowest BCUT2D eigenvalue weighted by Crippen LogP contribution is -1.93. The summed E-state index contributed by atoms with van der Waals surface area (Å²) >= 11 is 9.23. The zero-order chi connectivity index (χ0) is 10.6. The van der Waals surface area contributed by atoms with Gasteiger partial charge in [-0.25, -0.2) is 0 Å². The Hall–Kier alpha value is -0.470. The quantitative estimate of drug-likeness (QED) is 0.741. The lowest BCUT2D eigenvalue weighted by atomic mass is 10.3. The van der Waals surface area contributed by atoms with E-state index in [1.807, 2.05) is 32.1 Å². The Bertz CT molecular complexity index is 343. The Labute approximate surface area is 97.9 Å². The van der Waals surface area contributed by atoms with E-state index in [0.717, 1.165) is 10.2 Å². The number of hydrogen-bond acceptors (Lipinski definition) is 1. The van der Waals surface area contributed by atoms with Crippen LogP contribution in [0.25, 0.3) is 0 Å². The molecular weight excluding hydrogens is 263 g/mol. The van der Waals surface area contributed by atoms with Gasteiger partial charge in [-0.1, -0.05) is 17.2 Å². The van der Waals surface area contributed by atoms with Gasteiger partial charge in [0.1, 0.15) is 12.4 Å². The van der Waals surface area contributed by atoms with E-state index in [-0.39, 0.29) is 0 Å². The standard InChI is InChI=1S/C11H12BrClO/c1-8(2)5-6-14-9-3-4-10(12)11(13)7-9/h3-5,7H,6H2,1-2H3. The minimum Gasteiger partial charge on any atom is -0.489 e. The van der Waals surface area contributed by atoms with Crippen LogP contribution in [-0.4, -0.2) is 6.61 Å². The van der Waals surface area contributed by atoms with Gasteiger partial charge in [0.15, 0.2) is 0 Å². The maximum atomic E-state index is 5.91. The third-order valence-corrected chi connectivity index (χ3v) is 2.87. The summed E-state index contributed by atoms with van der Waals surface area (Å²) in [5.41, 5.74) is 1.24. The Morgan fingerprint density at radius 1 is 1.50 bits per heavy atom. The van der Waals surface area contributed by atoms with Crippen molar-refractivity contribution in [3.8, 4) is 5.75 Å². The minimum atomic E-state index is 0.584. The average molecular weight is 276 g/mol. The van der Waals surface area contributed by atoms with E-state index in [2.05, 4.69) is 15.9 Å². The van der Waals surface area contributed by atoms with Gasteiger partial charge in [0, 0.05) is 4.47 Å². The third-order valence-electron chi connectivity index (χ3n) is 1.63. The molecule has 1 rings (SSSR count). The predicted octanol–water partition coefficient (Wildman–Crippen LogP) is 4.45. The van der Waals surface area contributed by atoms with Crippen molar-refractivity contribution in [3.05, 3.63) is 39.3 Å². The fourth-order valence-corrected chi connectivity index (χ4v) is 1.29. The van der Waals surface area contributed by atoms with E-state index in [0.29, 0.717) is 11.6 Å². The van der Waals surface area contributed by atoms with Crippen molar-refractivity contribution < 1.29 is 4.74 Å². The van der Waals surface area contributed by atoms with Crippen LogP contribution in [0.15, 0.2) is 34.3 Å². The van der Waals surface area contributed by atoms with Crippen LogP contribution < -0.4 is 4.74 Å². The molecule has 0 aliphatic carbocycles. The summed E-state index contributed by atoms with van der Waals surface area (Å²) in [6.07, 6.45) is 2.02. The molecule has 1 nitrogen and oxygen atoms in total. The number of allylic oxidation sites excluding steroid dienone is 1. The Balaban J connectivity index is 2.60. The molecule has 0 unspecified atom stereocenters. The highest BCUT2D eigenvalue weighted by molar-refractivity contribution is 9.10. The van der Waals surface area contributed by atoms with Gasteiger partial charge in [-0.05, 0) is 54.1 Å². The molecule has 0 spiro atoms. The van der Waals surface area contributed by atoms with Crippen LogP contribution in [0.2, 0.25) is 5.02 Å². The molecule has 0 bridgehead atoms. The molecular formula is C11H12BrClO. The maximum Gasteiger partial charge on any atom is 0.121 e. The SMILES string of the molecule is CC(C)=CCOc1ccc(Br)c(Cl)c1. The Morgan fingerprint density at radius 3 is 2.79 bits per heavy atom. The molecule has 0 saturated heterocycles. The van der Waals surface area contributed by atoms with Crippen molar-refractivity contribution in [1.82, 2.24) is 0 Å². The molecule has 1 aromatic rings. The van der Waals surface area contributed by atoms with Crippen LogP contribution in [0.5, 0.6) is 5.75 Å². The van der Waals surface area contributed by atoms with Crippen molar-refractivity contribution in [2.24, 2.45) is 0 Å². The predicted molar refractivity (Wildman–Crippen MR) is 64.1 cm³/mol. The Morgan fingerprint density at radius 2 is 2.21 bits per heavy atom. The van der Waals surface area contributed by atoms with E-state index in [4.69, 9.17) is 16.3 Å². The van der Waals surface area contributed by atoms with E-state index in [1.165, 1.54) is 5.57 Å². The molecule has 3 heteroatoms. The summed E-state index contributed by atoms with van der Waals surface area (Å²) in [6, 6.07) is 5.56. The molecule has 0 atom stereocenters. The van der Waals surface area contributed by atoms with E-state index >= 15 is 0 Å². The first-order valence-electron chi connectivity index (χ1n) is 4.31. The van der Waals surface area contributed by atoms with Crippen LogP contribution in [0.1, 0.15) is 13.8 Å². The zero-order valence-electron chi connectivity index (χ0n) is 8.18. The molecule has 0 aromatic heterocycles. The van der Waals surface area contributed by atoms with E-state index in [9.17, 15) is 0 Å². The fourth-order valence-electron chi connectivity index (χ4n) is 0.871. The molecule has 0 aliphatic rings. The van der Waals surface area contributed by atoms with Gasteiger partial charge < -0.3 is 4.74 Å². The monoisotopic (exact) mass is 274 g/mol. The van der Waals surface area contributed by atoms with Gasteiger partial charge in [-0.15, -0.1) is 0 Å². The first-order chi connectivity index (χ1) is 6.59. The fraction of sp³-hybridized carbons (Fsp3) is 0.273. The molecule has 0 saturated carbocycles. The van der Waals surface area contributed by atoms with Gasteiger partial charge >= 0.3 is 0 Å². The number of ether oxygens (including phenoxy) is 1. The summed E-state index contributed by atoms with van der Waals surface area (Å²) in [4.78, 5) is 0. The summed E-state index contributed by atoms with van der Waals surface area (Å²) in [5.74, 6) is 0.788. The van der Waals surface area contributed by atoms with Crippen molar-refractivity contribution in [1.29, 1.82) is 0 Å². The van der Waals surface area contributed by atoms with Crippen LogP contribution in [0.3, 0.4) is 0 Å². The van der Waals surface area contributed by atoms with Crippen LogP contribution in [0, 0.1) is 0 Å². The highest BCUT2D eigenvalue weighted by atomic mass is 79.9. The molecule has 76 valence electrons. The topological polar surface area (TPSA) is 9.23 Å². The smallest absolute Gasteiger partial charge is 0.121 e. The number of halogens is 2. The van der Waals surface area contributed by atoms with Gasteiger partial charge in [0.05, 0.1) is 5.02 Å². The lowest BCUT2D eigenvalue weighted by Gasteiger charge is -2.04. The molecule has 14 heavy (non-hydrogen) atoms. The minimum absolute atomic E-state index is 0.584. The first-order valence-corrected chi connectivity index (χ1v) is 5.48. The van der Waals surface area contributed by atoms with Crippen molar-refractivity contribution in [2.45, 2.75) is 13.8 Å². The normalized spacial score (nSPS) is 9.71. The van der Waals surface area contributed by atoms with Crippen molar-refractivity contribution in [2.75, 3.05) is 6.61 Å². The average Bonchev–Trinajstić information content (AvgIpc) is 2.10. The van der Waals surface area contributed by atoms with Gasteiger partial charge in [-0.2, -0.15) is 0 Å². The van der Waals surface area contributed by atoms with Crippen molar-refractivity contribution in [3.63, 3.8) is 0 Å². The highest BCUT2D eigenvalue weighted by Gasteiger charge is 1.98. The third kappa shape index (κ3) is 3.72. The summed E-state index contributed by atoms with van der Waals surface area (Å²) in [7, 11) is 0. The lowest BCUT2D eigenvalue weighted by molar-refractivity contribution is 0.362. The van der Waals surface area contributed by atoms with Gasteiger partial charge in [0.25, 0.3) is 0 Å². The summed E-state index contributed by atoms with van der Waals surface area (Å²) in [6.45, 7) is 4.66. The molecule has 0 N–H and O–H groups in total. The molecule has 0 amide bonds. The van der Waals surface area contributed by atoms with Crippen LogP contribution in [-0.2, 0) is 0 Å². The molecule has 0 aliphatic heterocycles. The highest BCUT2D eigenvalue weighted by Crippen LogP contribution is 2.26. The molecule has 1 aromatic carbocycles. The number of benzene rings is 1. The van der Waals surface area contributed by atoms with E-state index in [1.54, 1.807) is 6.07 Å². The van der Waals surface area contributed by atoms with Crippen molar-refractivity contribution >= 4 is 27.5 Å². The second-order valence-electron chi connectivity index (χ2n) is 3.17. The summed E-state index contributed by atoms with van der Waals surface area (Å²) < 4.78 is 6.35. The number of hydrogen-bond donors (Lipinski definition) is 0. The molecule has 0 radical (unpaired) electrons. The second kappa shape index (κ2) is 5.42. The Kier molecular flexibility index (Phi) is 4.49. The maximum absolute atomic E-state index is 5.91. The van der Waals surface area contributed by atoms with Crippen LogP contribution >= 0.6 is 27.5 Å². The first kappa shape index (κ1) is 11.6. The molecule has 0 fully saturated rings. The van der Waals surface area contributed by atoms with E-state index < -0.39 is 0 Å². The van der Waals surface area contributed by atoms with Gasteiger partial charge in [0.2, 0.25) is 0 Å². The second-order valence-corrected chi connectivity index (χ2v) is 4.43. The zero-order valence-corrected chi connectivity index (χ0v) is 10.5. The van der Waals surface area contributed by atoms with Gasteiger partial charge in [-0.3, -0.25) is 0 Å². The summed E-state index contributed by atoms with van der Waals surface area (Å²) in [5, 5.41) is 0.666.